The van der Waals surface area contributed by atoms with Gasteiger partial charge in [0.2, 0.25) is 17.7 Å². The Balaban J connectivity index is 0.00000220. The van der Waals surface area contributed by atoms with Crippen LogP contribution in [0.25, 0.3) is 0 Å². The number of carbonyl (C=O) groups excluding carboxylic acids is 3. The zero-order valence-corrected chi connectivity index (χ0v) is 13.4. The van der Waals surface area contributed by atoms with E-state index in [0.717, 1.165) is 10.0 Å². The molecule has 1 aliphatic rings. The number of carbonyl (C=O) groups is 3. The van der Waals surface area contributed by atoms with E-state index in [1.54, 1.807) is 0 Å². The van der Waals surface area contributed by atoms with Crippen LogP contribution in [-0.4, -0.2) is 41.8 Å². The number of piperazine rings is 1. The molecule has 21 heavy (non-hydrogen) atoms. The Hall–Kier alpha value is -1.44. The van der Waals surface area contributed by atoms with Gasteiger partial charge in [-0.25, -0.2) is 0 Å². The monoisotopic (exact) mass is 375 g/mol. The van der Waals surface area contributed by atoms with E-state index >= 15 is 0 Å². The highest BCUT2D eigenvalue weighted by Gasteiger charge is 2.29. The van der Waals surface area contributed by atoms with Crippen molar-refractivity contribution in [2.45, 2.75) is 12.5 Å². The molecule has 0 saturated carbocycles. The van der Waals surface area contributed by atoms with Crippen molar-refractivity contribution in [1.82, 2.24) is 10.2 Å². The van der Waals surface area contributed by atoms with Crippen LogP contribution in [-0.2, 0) is 20.8 Å². The lowest BCUT2D eigenvalue weighted by atomic mass is 10.1. The molecule has 1 atom stereocenters. The minimum Gasteiger partial charge on any atom is -0.323 e. The third-order valence-electron chi connectivity index (χ3n) is 2.97. The van der Waals surface area contributed by atoms with Crippen molar-refractivity contribution in [3.8, 4) is 0 Å². The van der Waals surface area contributed by atoms with E-state index in [0.29, 0.717) is 6.42 Å². The van der Waals surface area contributed by atoms with Crippen LogP contribution in [0.3, 0.4) is 0 Å². The van der Waals surface area contributed by atoms with Crippen molar-refractivity contribution in [1.29, 1.82) is 0 Å². The smallest absolute Gasteiger partial charge is 0.246 e. The molecule has 0 radical (unpaired) electrons. The van der Waals surface area contributed by atoms with Crippen LogP contribution in [0.5, 0.6) is 0 Å². The third kappa shape index (κ3) is 4.52. The number of nitrogens with zero attached hydrogens (tertiary/aromatic N) is 1. The topological polar surface area (TPSA) is 92.5 Å². The predicted molar refractivity (Wildman–Crippen MR) is 82.8 cm³/mol. The van der Waals surface area contributed by atoms with Crippen molar-refractivity contribution < 1.29 is 14.4 Å². The van der Waals surface area contributed by atoms with Crippen LogP contribution in [0.4, 0.5) is 0 Å². The van der Waals surface area contributed by atoms with Crippen LogP contribution in [0, 0.1) is 0 Å². The largest absolute Gasteiger partial charge is 0.323 e. The molecule has 1 aromatic carbocycles. The number of nitrogens with one attached hydrogen (secondary N) is 1. The van der Waals surface area contributed by atoms with Crippen molar-refractivity contribution in [2.75, 3.05) is 13.1 Å². The molecule has 114 valence electrons. The van der Waals surface area contributed by atoms with Gasteiger partial charge in [-0.1, -0.05) is 34.1 Å². The van der Waals surface area contributed by atoms with E-state index in [9.17, 15) is 14.4 Å². The molecule has 1 aliphatic heterocycles. The van der Waals surface area contributed by atoms with E-state index in [-0.39, 0.29) is 25.5 Å². The highest BCUT2D eigenvalue weighted by Crippen LogP contribution is 2.17. The maximum atomic E-state index is 12.2. The van der Waals surface area contributed by atoms with Gasteiger partial charge in [-0.3, -0.25) is 19.7 Å². The molecule has 6 nitrogen and oxygen atoms in total. The summed E-state index contributed by atoms with van der Waals surface area (Å²) in [6.07, 6.45) is 0.340. The summed E-state index contributed by atoms with van der Waals surface area (Å²) < 4.78 is 0.871. The maximum absolute atomic E-state index is 12.2. The molecule has 0 bridgehead atoms. The molecule has 1 fully saturated rings. The second kappa shape index (κ2) is 7.53. The quantitative estimate of drug-likeness (QED) is 0.739. The lowest BCUT2D eigenvalue weighted by Gasteiger charge is -2.27. The molecule has 3 amide bonds. The molecule has 0 aliphatic carbocycles. The molecule has 8 heteroatoms. The van der Waals surface area contributed by atoms with E-state index in [1.807, 2.05) is 24.3 Å². The zero-order valence-electron chi connectivity index (χ0n) is 11.0. The lowest BCUT2D eigenvalue weighted by molar-refractivity contribution is -0.146. The second-order valence-corrected chi connectivity index (χ2v) is 5.42. The van der Waals surface area contributed by atoms with E-state index in [1.165, 1.54) is 4.90 Å². The Kier molecular flexibility index (Phi) is 6.32. The molecule has 1 heterocycles. The first-order chi connectivity index (χ1) is 9.47. The Labute approximate surface area is 136 Å². The minimum absolute atomic E-state index is 0. The first kappa shape index (κ1) is 17.6. The summed E-state index contributed by atoms with van der Waals surface area (Å²) in [6.45, 7) is -0.261. The fraction of sp³-hybridized carbons (Fsp3) is 0.308. The number of benzene rings is 1. The van der Waals surface area contributed by atoms with Gasteiger partial charge >= 0.3 is 0 Å². The highest BCUT2D eigenvalue weighted by molar-refractivity contribution is 9.10. The van der Waals surface area contributed by atoms with E-state index in [2.05, 4.69) is 21.2 Å². The SMILES string of the molecule is Cl.N[C@@H](Cc1ccccc1Br)C(=O)N1CC(=O)NC(=O)C1. The standard InChI is InChI=1S/C13H14BrN3O3.ClH/c14-9-4-2-1-3-8(9)5-10(15)13(20)17-6-11(18)16-12(19)7-17;/h1-4,10H,5-7,15H2,(H,16,18,19);1H/t10-;/m0./s1. The molecule has 0 unspecified atom stereocenters. The van der Waals surface area contributed by atoms with Crippen LogP contribution in [0.2, 0.25) is 0 Å². The summed E-state index contributed by atoms with van der Waals surface area (Å²) in [6, 6.07) is 6.67. The number of halogens is 2. The molecule has 0 aromatic heterocycles. The molecule has 3 N–H and O–H groups in total. The summed E-state index contributed by atoms with van der Waals surface area (Å²) >= 11 is 3.39. The summed E-state index contributed by atoms with van der Waals surface area (Å²) in [5.41, 5.74) is 6.79. The molecule has 0 spiro atoms. The number of hydrogen-bond donors (Lipinski definition) is 2. The van der Waals surface area contributed by atoms with Gasteiger partial charge in [0.15, 0.2) is 0 Å². The number of amides is 3. The van der Waals surface area contributed by atoms with Crippen LogP contribution < -0.4 is 11.1 Å². The molecular formula is C13H15BrClN3O3. The van der Waals surface area contributed by atoms with E-state index in [4.69, 9.17) is 5.73 Å². The Bertz CT molecular complexity index is 551. The van der Waals surface area contributed by atoms with Crippen LogP contribution in [0.15, 0.2) is 28.7 Å². The van der Waals surface area contributed by atoms with E-state index < -0.39 is 23.8 Å². The fourth-order valence-electron chi connectivity index (χ4n) is 2.02. The summed E-state index contributed by atoms with van der Waals surface area (Å²) in [4.78, 5) is 35.8. The predicted octanol–water partition coefficient (Wildman–Crippen LogP) is 0.226. The molecule has 1 aromatic rings. The molecule has 2 rings (SSSR count). The summed E-state index contributed by atoms with van der Waals surface area (Å²) in [5, 5.41) is 2.14. The van der Waals surface area contributed by atoms with Crippen LogP contribution >= 0.6 is 28.3 Å². The van der Waals surface area contributed by atoms with Gasteiger partial charge in [-0.15, -0.1) is 12.4 Å². The number of hydrogen-bond acceptors (Lipinski definition) is 4. The fourth-order valence-corrected chi connectivity index (χ4v) is 2.46. The zero-order chi connectivity index (χ0) is 14.7. The lowest BCUT2D eigenvalue weighted by Crippen LogP contribution is -2.57. The van der Waals surface area contributed by atoms with Crippen molar-refractivity contribution in [3.05, 3.63) is 34.3 Å². The third-order valence-corrected chi connectivity index (χ3v) is 3.75. The van der Waals surface area contributed by atoms with Crippen molar-refractivity contribution in [2.24, 2.45) is 5.73 Å². The van der Waals surface area contributed by atoms with Gasteiger partial charge in [0, 0.05) is 4.47 Å². The van der Waals surface area contributed by atoms with Crippen molar-refractivity contribution >= 4 is 46.1 Å². The first-order valence-electron chi connectivity index (χ1n) is 6.08. The van der Waals surface area contributed by atoms with Gasteiger partial charge in [0.25, 0.3) is 0 Å². The highest BCUT2D eigenvalue weighted by atomic mass is 79.9. The van der Waals surface area contributed by atoms with Gasteiger partial charge in [0.05, 0.1) is 6.04 Å². The Morgan fingerprint density at radius 2 is 1.86 bits per heavy atom. The van der Waals surface area contributed by atoms with Gasteiger partial charge < -0.3 is 10.6 Å². The molecule has 1 saturated heterocycles. The summed E-state index contributed by atoms with van der Waals surface area (Å²) in [7, 11) is 0. The Morgan fingerprint density at radius 1 is 1.29 bits per heavy atom. The second-order valence-electron chi connectivity index (χ2n) is 4.57. The number of rotatable bonds is 3. The average molecular weight is 377 g/mol. The average Bonchev–Trinajstić information content (AvgIpc) is 2.39. The normalized spacial score (nSPS) is 16.0. The minimum atomic E-state index is -0.785. The number of nitrogens with two attached hydrogens (primary N) is 1. The Morgan fingerprint density at radius 3 is 2.43 bits per heavy atom. The number of imide groups is 1. The van der Waals surface area contributed by atoms with Crippen molar-refractivity contribution in [3.63, 3.8) is 0 Å². The maximum Gasteiger partial charge on any atom is 0.246 e. The van der Waals surface area contributed by atoms with Crippen LogP contribution in [0.1, 0.15) is 5.56 Å². The van der Waals surface area contributed by atoms with Gasteiger partial charge in [-0.2, -0.15) is 0 Å². The summed E-state index contributed by atoms with van der Waals surface area (Å²) in [5.74, 6) is -1.37. The van der Waals surface area contributed by atoms with Gasteiger partial charge in [-0.05, 0) is 18.1 Å². The molecular weight excluding hydrogens is 362 g/mol. The van der Waals surface area contributed by atoms with Gasteiger partial charge in [0.1, 0.15) is 13.1 Å². The first-order valence-corrected chi connectivity index (χ1v) is 6.87.